The Labute approximate surface area is 78.7 Å². The van der Waals surface area contributed by atoms with Crippen molar-refractivity contribution in [2.24, 2.45) is 0 Å². The molecule has 1 aromatic rings. The third-order valence-corrected chi connectivity index (χ3v) is 0.743. The number of rotatable bonds is 0. The Bertz CT molecular complexity index is 205. The van der Waals surface area contributed by atoms with E-state index in [0.29, 0.717) is 0 Å². The Morgan fingerprint density at radius 2 is 1.64 bits per heavy atom. The Hall–Kier alpha value is -0.893. The van der Waals surface area contributed by atoms with E-state index in [1.165, 1.54) is 19.1 Å². The van der Waals surface area contributed by atoms with E-state index < -0.39 is 0 Å². The summed E-state index contributed by atoms with van der Waals surface area (Å²) in [5.74, 6) is 0.0718. The molecule has 0 aliphatic heterocycles. The monoisotopic (exact) mass is 141 g/mol. The predicted molar refractivity (Wildman–Crippen MR) is 37.2 cm³/mol. The average molecular weight is 141 g/mol. The van der Waals surface area contributed by atoms with Gasteiger partial charge in [-0.15, -0.1) is 5.75 Å². The van der Waals surface area contributed by atoms with Crippen molar-refractivity contribution in [3.8, 4) is 11.8 Å². The third-order valence-electron chi connectivity index (χ3n) is 0.743. The molecule has 0 aromatic heterocycles. The van der Waals surface area contributed by atoms with Crippen LogP contribution >= 0.6 is 0 Å². The van der Waals surface area contributed by atoms with Crippen molar-refractivity contribution in [1.82, 2.24) is 0 Å². The van der Waals surface area contributed by atoms with Gasteiger partial charge in [0.2, 0.25) is 0 Å². The zero-order valence-electron chi connectivity index (χ0n) is 6.74. The van der Waals surface area contributed by atoms with Crippen molar-refractivity contribution in [2.75, 3.05) is 0 Å². The van der Waals surface area contributed by atoms with Gasteiger partial charge in [-0.25, -0.2) is 0 Å². The maximum atomic E-state index is 10.3. The van der Waals surface area contributed by atoms with Gasteiger partial charge in [-0.3, -0.25) is 0 Å². The first kappa shape index (κ1) is 12.8. The second kappa shape index (κ2) is 9.11. The molecule has 0 radical (unpaired) electrons. The normalized spacial score (nSPS) is 6.18. The van der Waals surface area contributed by atoms with Crippen LogP contribution < -0.4 is 24.0 Å². The van der Waals surface area contributed by atoms with Gasteiger partial charge in [-0.1, -0.05) is 30.3 Å². The summed E-state index contributed by atoms with van der Waals surface area (Å²) in [6, 6.07) is 10.1. The van der Waals surface area contributed by atoms with Crippen LogP contribution in [0.25, 0.3) is 0 Å². The molecule has 0 N–H and O–H groups in total. The van der Waals surface area contributed by atoms with Gasteiger partial charge in [-0.05, 0) is 0 Å². The van der Waals surface area contributed by atoms with Crippen LogP contribution in [0.15, 0.2) is 30.3 Å². The minimum Gasteiger partial charge on any atom is -0.872 e. The van der Waals surface area contributed by atoms with Crippen LogP contribution in [0, 0.1) is 11.3 Å². The quantitative estimate of drug-likeness (QED) is 0.404. The van der Waals surface area contributed by atoms with E-state index in [2.05, 4.69) is 0 Å². The molecule has 0 unspecified atom stereocenters. The van der Waals surface area contributed by atoms with Gasteiger partial charge in [0, 0.05) is 6.92 Å². The fourth-order valence-electron chi connectivity index (χ4n) is 0.420. The summed E-state index contributed by atoms with van der Waals surface area (Å²) in [5, 5.41) is 17.6. The van der Waals surface area contributed by atoms with E-state index in [4.69, 9.17) is 5.26 Å². The third kappa shape index (κ3) is 9.11. The SMILES string of the molecule is CC#N.[Li+].[O-]c1ccccc1. The molecule has 1 rings (SSSR count). The van der Waals surface area contributed by atoms with Crippen LogP contribution in [0.1, 0.15) is 6.92 Å². The van der Waals surface area contributed by atoms with Crippen molar-refractivity contribution >= 4 is 0 Å². The Balaban J connectivity index is 0. The summed E-state index contributed by atoms with van der Waals surface area (Å²) < 4.78 is 0. The van der Waals surface area contributed by atoms with E-state index in [1.807, 2.05) is 6.07 Å². The topological polar surface area (TPSA) is 46.8 Å². The summed E-state index contributed by atoms with van der Waals surface area (Å²) >= 11 is 0. The molecule has 0 spiro atoms. The Morgan fingerprint density at radius 1 is 1.27 bits per heavy atom. The van der Waals surface area contributed by atoms with Crippen LogP contribution in [-0.4, -0.2) is 0 Å². The molecule has 0 saturated heterocycles. The van der Waals surface area contributed by atoms with Crippen molar-refractivity contribution in [3.05, 3.63) is 30.3 Å². The van der Waals surface area contributed by atoms with Crippen molar-refractivity contribution in [2.45, 2.75) is 6.92 Å². The summed E-state index contributed by atoms with van der Waals surface area (Å²) in [6.07, 6.45) is 0. The van der Waals surface area contributed by atoms with Crippen LogP contribution in [0.4, 0.5) is 0 Å². The van der Waals surface area contributed by atoms with E-state index >= 15 is 0 Å². The van der Waals surface area contributed by atoms with Gasteiger partial charge in [0.1, 0.15) is 0 Å². The van der Waals surface area contributed by atoms with Crippen molar-refractivity contribution in [1.29, 1.82) is 5.26 Å². The van der Waals surface area contributed by atoms with E-state index in [9.17, 15) is 5.11 Å². The number of nitrogens with zero attached hydrogens (tertiary/aromatic N) is 1. The first-order valence-corrected chi connectivity index (χ1v) is 2.84. The minimum atomic E-state index is 0. The minimum absolute atomic E-state index is 0. The molecule has 52 valence electrons. The fourth-order valence-corrected chi connectivity index (χ4v) is 0.420. The van der Waals surface area contributed by atoms with E-state index in [-0.39, 0.29) is 24.6 Å². The molecule has 0 saturated carbocycles. The number of benzene rings is 1. The first-order chi connectivity index (χ1) is 4.81. The molecule has 0 aliphatic rings. The molecule has 0 atom stereocenters. The molecule has 2 nitrogen and oxygen atoms in total. The molecule has 0 bridgehead atoms. The number of para-hydroxylation sites is 1. The average Bonchev–Trinajstić information content (AvgIpc) is 1.91. The Kier molecular flexibility index (Phi) is 10.6. The smallest absolute Gasteiger partial charge is 0.872 e. The second-order valence-corrected chi connectivity index (χ2v) is 1.54. The standard InChI is InChI=1S/C6H6O.C2H3N.Li/c7-6-4-2-1-3-5-6;1-2-3;/h1-5,7H;1H3;/q;;+1/p-1. The van der Waals surface area contributed by atoms with Gasteiger partial charge < -0.3 is 5.11 Å². The van der Waals surface area contributed by atoms with Gasteiger partial charge in [-0.2, -0.15) is 5.26 Å². The molecule has 3 heteroatoms. The number of hydrogen-bond donors (Lipinski definition) is 0. The molecular formula is C8H8LiNO. The molecule has 1 aromatic carbocycles. The Morgan fingerprint density at radius 3 is 1.82 bits per heavy atom. The summed E-state index contributed by atoms with van der Waals surface area (Å²) in [4.78, 5) is 0. The summed E-state index contributed by atoms with van der Waals surface area (Å²) in [6.45, 7) is 1.43. The predicted octanol–water partition coefficient (Wildman–Crippen LogP) is -1.71. The maximum absolute atomic E-state index is 10.3. The first-order valence-electron chi connectivity index (χ1n) is 2.84. The zero-order valence-corrected chi connectivity index (χ0v) is 6.74. The molecular weight excluding hydrogens is 133 g/mol. The molecule has 0 fully saturated rings. The summed E-state index contributed by atoms with van der Waals surface area (Å²) in [5.41, 5.74) is 0. The van der Waals surface area contributed by atoms with Crippen LogP contribution in [0.2, 0.25) is 0 Å². The molecule has 0 amide bonds. The van der Waals surface area contributed by atoms with Gasteiger partial charge in [0.25, 0.3) is 0 Å². The van der Waals surface area contributed by atoms with Crippen LogP contribution in [0.3, 0.4) is 0 Å². The van der Waals surface area contributed by atoms with E-state index in [1.54, 1.807) is 18.2 Å². The van der Waals surface area contributed by atoms with Crippen molar-refractivity contribution < 1.29 is 24.0 Å². The summed E-state index contributed by atoms with van der Waals surface area (Å²) in [7, 11) is 0. The number of nitriles is 1. The largest absolute Gasteiger partial charge is 1.00 e. The molecule has 11 heavy (non-hydrogen) atoms. The van der Waals surface area contributed by atoms with Crippen LogP contribution in [0.5, 0.6) is 5.75 Å². The fraction of sp³-hybridized carbons (Fsp3) is 0.125. The second-order valence-electron chi connectivity index (χ2n) is 1.54. The molecule has 0 aliphatic carbocycles. The maximum Gasteiger partial charge on any atom is 1.00 e. The van der Waals surface area contributed by atoms with Crippen molar-refractivity contribution in [3.63, 3.8) is 0 Å². The van der Waals surface area contributed by atoms with Gasteiger partial charge in [0.15, 0.2) is 0 Å². The zero-order chi connectivity index (χ0) is 7.82. The molecule has 0 heterocycles. The van der Waals surface area contributed by atoms with Gasteiger partial charge in [0.05, 0.1) is 6.07 Å². The van der Waals surface area contributed by atoms with E-state index in [0.717, 1.165) is 0 Å². The van der Waals surface area contributed by atoms with Gasteiger partial charge >= 0.3 is 18.9 Å². The van der Waals surface area contributed by atoms with Crippen LogP contribution in [-0.2, 0) is 0 Å². The number of hydrogen-bond acceptors (Lipinski definition) is 2.